The number of aliphatic hydroxyl groups excluding tert-OH is 1. The second kappa shape index (κ2) is 4.51. The van der Waals surface area contributed by atoms with E-state index in [0.717, 1.165) is 6.42 Å². The molecule has 4 atom stereocenters. The van der Waals surface area contributed by atoms with E-state index in [4.69, 9.17) is 5.73 Å². The molecule has 0 aromatic carbocycles. The first-order chi connectivity index (χ1) is 10.0. The third-order valence-electron chi connectivity index (χ3n) is 5.72. The summed E-state index contributed by atoms with van der Waals surface area (Å²) in [4.78, 5) is 13.8. The minimum atomic E-state index is -2.77. The molecule has 1 spiro atoms. The highest BCUT2D eigenvalue weighted by Gasteiger charge is 2.69. The van der Waals surface area contributed by atoms with Gasteiger partial charge in [0, 0.05) is 29.8 Å². The Morgan fingerprint density at radius 1 is 1.45 bits per heavy atom. The van der Waals surface area contributed by atoms with Crippen molar-refractivity contribution in [3.8, 4) is 0 Å². The molecule has 0 amide bonds. The van der Waals surface area contributed by atoms with Gasteiger partial charge in [-0.1, -0.05) is 26.8 Å². The van der Waals surface area contributed by atoms with Crippen LogP contribution in [0.25, 0.3) is 0 Å². The molecule has 2 aliphatic carbocycles. The molecule has 1 saturated carbocycles. The molecule has 0 aromatic rings. The monoisotopic (exact) mass is 314 g/mol. The van der Waals surface area contributed by atoms with Crippen molar-refractivity contribution in [2.45, 2.75) is 45.8 Å². The lowest BCUT2D eigenvalue weighted by molar-refractivity contribution is -0.125. The number of likely N-dealkylation sites (tertiary alicyclic amines) is 1. The fourth-order valence-electron chi connectivity index (χ4n) is 4.41. The maximum Gasteiger partial charge on any atom is 0.258 e. The fraction of sp³-hybridized carbons (Fsp3) is 0.812. The summed E-state index contributed by atoms with van der Waals surface area (Å²) in [6, 6.07) is 0. The van der Waals surface area contributed by atoms with E-state index in [-0.39, 0.29) is 16.9 Å². The SMILES string of the molecule is CC1C(C(O)N2CC[C@@]3(C=C(N)C(=O)C(C)(C)C3)C2)C1(F)F. The molecule has 1 heterocycles. The molecule has 3 rings (SSSR count). The summed E-state index contributed by atoms with van der Waals surface area (Å²) in [5.74, 6) is -4.59. The molecule has 3 unspecified atom stereocenters. The van der Waals surface area contributed by atoms with Gasteiger partial charge in [0.25, 0.3) is 5.92 Å². The van der Waals surface area contributed by atoms with E-state index in [1.54, 1.807) is 11.0 Å². The second-order valence-corrected chi connectivity index (χ2v) is 7.97. The molecule has 22 heavy (non-hydrogen) atoms. The highest BCUT2D eigenvalue weighted by atomic mass is 19.3. The fourth-order valence-corrected chi connectivity index (χ4v) is 4.41. The van der Waals surface area contributed by atoms with Crippen molar-refractivity contribution >= 4 is 5.78 Å². The number of Topliss-reactive ketones (excluding diaryl/α,β-unsaturated/α-hetero) is 1. The highest BCUT2D eigenvalue weighted by molar-refractivity contribution is 5.99. The standard InChI is InChI=1S/C16H24F2N2O2/c1-9-11(16(9,17)18)13(22)20-5-4-15(8-20)6-10(19)12(21)14(2,3)7-15/h6,9,11,13,22H,4-5,7-8,19H2,1-3H3/t9?,11?,13?,15-/m0/s1. The maximum absolute atomic E-state index is 13.5. The van der Waals surface area contributed by atoms with Crippen LogP contribution >= 0.6 is 0 Å². The van der Waals surface area contributed by atoms with Gasteiger partial charge >= 0.3 is 0 Å². The first-order valence-corrected chi connectivity index (χ1v) is 7.83. The lowest BCUT2D eigenvalue weighted by Gasteiger charge is -2.39. The Hall–Kier alpha value is -1.01. The topological polar surface area (TPSA) is 66.6 Å². The van der Waals surface area contributed by atoms with Crippen LogP contribution in [0, 0.1) is 22.7 Å². The molecule has 124 valence electrons. The van der Waals surface area contributed by atoms with E-state index in [1.165, 1.54) is 6.92 Å². The van der Waals surface area contributed by atoms with Crippen LogP contribution in [0.1, 0.15) is 33.6 Å². The third-order valence-corrected chi connectivity index (χ3v) is 5.72. The van der Waals surface area contributed by atoms with Crippen molar-refractivity contribution in [1.82, 2.24) is 4.90 Å². The zero-order valence-corrected chi connectivity index (χ0v) is 13.3. The molecule has 4 nitrogen and oxygen atoms in total. The minimum absolute atomic E-state index is 0.0560. The Morgan fingerprint density at radius 3 is 2.55 bits per heavy atom. The zero-order chi connectivity index (χ0) is 16.5. The van der Waals surface area contributed by atoms with Crippen molar-refractivity contribution in [2.24, 2.45) is 28.4 Å². The molecular formula is C16H24F2N2O2. The lowest BCUT2D eigenvalue weighted by Crippen LogP contribution is -2.44. The number of carbonyl (C=O) groups excluding carboxylic acids is 1. The number of carbonyl (C=O) groups is 1. The van der Waals surface area contributed by atoms with E-state index in [1.807, 2.05) is 13.8 Å². The minimum Gasteiger partial charge on any atom is -0.396 e. The van der Waals surface area contributed by atoms with E-state index in [0.29, 0.717) is 19.5 Å². The molecule has 6 heteroatoms. The summed E-state index contributed by atoms with van der Waals surface area (Å²) in [7, 11) is 0. The number of hydrogen-bond acceptors (Lipinski definition) is 4. The molecule has 2 fully saturated rings. The number of alkyl halides is 2. The van der Waals surface area contributed by atoms with Gasteiger partial charge in [0.2, 0.25) is 0 Å². The molecule has 0 bridgehead atoms. The van der Waals surface area contributed by atoms with Gasteiger partial charge in [0.05, 0.1) is 11.6 Å². The second-order valence-electron chi connectivity index (χ2n) is 7.97. The van der Waals surface area contributed by atoms with Gasteiger partial charge in [-0.15, -0.1) is 0 Å². The van der Waals surface area contributed by atoms with Crippen LogP contribution in [-0.2, 0) is 4.79 Å². The van der Waals surface area contributed by atoms with Gasteiger partial charge in [-0.2, -0.15) is 0 Å². The Kier molecular flexibility index (Phi) is 3.25. The smallest absolute Gasteiger partial charge is 0.258 e. The van der Waals surface area contributed by atoms with Gasteiger partial charge in [-0.25, -0.2) is 8.78 Å². The maximum atomic E-state index is 13.5. The Bertz CT molecular complexity index is 546. The average molecular weight is 314 g/mol. The Morgan fingerprint density at radius 2 is 2.05 bits per heavy atom. The van der Waals surface area contributed by atoms with Crippen LogP contribution < -0.4 is 5.73 Å². The van der Waals surface area contributed by atoms with Crippen LogP contribution in [0.3, 0.4) is 0 Å². The molecule has 1 saturated heterocycles. The summed E-state index contributed by atoms with van der Waals surface area (Å²) in [5.41, 5.74) is 5.30. The van der Waals surface area contributed by atoms with Crippen LogP contribution in [0.15, 0.2) is 11.8 Å². The van der Waals surface area contributed by atoms with Crippen LogP contribution in [0.2, 0.25) is 0 Å². The quantitative estimate of drug-likeness (QED) is 0.815. The number of hydrogen-bond donors (Lipinski definition) is 2. The molecule has 1 aliphatic heterocycles. The Balaban J connectivity index is 1.77. The zero-order valence-electron chi connectivity index (χ0n) is 13.3. The molecule has 3 aliphatic rings. The lowest BCUT2D eigenvalue weighted by atomic mass is 9.65. The van der Waals surface area contributed by atoms with E-state index >= 15 is 0 Å². The Labute approximate surface area is 129 Å². The van der Waals surface area contributed by atoms with Crippen molar-refractivity contribution in [3.05, 3.63) is 11.8 Å². The summed E-state index contributed by atoms with van der Waals surface area (Å²) < 4.78 is 27.0. The predicted octanol–water partition coefficient (Wildman–Crippen LogP) is 1.74. The largest absolute Gasteiger partial charge is 0.396 e. The van der Waals surface area contributed by atoms with Crippen LogP contribution in [0.4, 0.5) is 8.78 Å². The van der Waals surface area contributed by atoms with Crippen LogP contribution in [-0.4, -0.2) is 41.0 Å². The van der Waals surface area contributed by atoms with Gasteiger partial charge in [-0.3, -0.25) is 9.69 Å². The highest BCUT2D eigenvalue weighted by Crippen LogP contribution is 2.58. The number of nitrogens with zero attached hydrogens (tertiary/aromatic N) is 1. The van der Waals surface area contributed by atoms with E-state index < -0.39 is 29.4 Å². The molecular weight excluding hydrogens is 290 g/mol. The first-order valence-electron chi connectivity index (χ1n) is 7.83. The van der Waals surface area contributed by atoms with Crippen molar-refractivity contribution in [2.75, 3.05) is 13.1 Å². The third kappa shape index (κ3) is 2.19. The van der Waals surface area contributed by atoms with Gasteiger partial charge in [0.1, 0.15) is 6.23 Å². The summed E-state index contributed by atoms with van der Waals surface area (Å²) in [6.07, 6.45) is 2.04. The summed E-state index contributed by atoms with van der Waals surface area (Å²) in [5, 5.41) is 10.3. The van der Waals surface area contributed by atoms with Gasteiger partial charge in [-0.05, 0) is 12.8 Å². The molecule has 0 aromatic heterocycles. The molecule has 0 radical (unpaired) electrons. The van der Waals surface area contributed by atoms with E-state index in [9.17, 15) is 18.7 Å². The normalized spacial score (nSPS) is 41.5. The van der Waals surface area contributed by atoms with Gasteiger partial charge < -0.3 is 10.8 Å². The van der Waals surface area contributed by atoms with Crippen molar-refractivity contribution in [1.29, 1.82) is 0 Å². The van der Waals surface area contributed by atoms with Crippen molar-refractivity contribution < 1.29 is 18.7 Å². The van der Waals surface area contributed by atoms with Crippen LogP contribution in [0.5, 0.6) is 0 Å². The van der Waals surface area contributed by atoms with E-state index in [2.05, 4.69) is 0 Å². The summed E-state index contributed by atoms with van der Waals surface area (Å²) >= 11 is 0. The first kappa shape index (κ1) is 15.9. The number of rotatable bonds is 2. The number of allylic oxidation sites excluding steroid dienone is 1. The average Bonchev–Trinajstić information content (AvgIpc) is 2.72. The molecule has 3 N–H and O–H groups in total. The van der Waals surface area contributed by atoms with Gasteiger partial charge in [0.15, 0.2) is 5.78 Å². The number of halogens is 2. The number of aliphatic hydroxyl groups is 1. The van der Waals surface area contributed by atoms with Crippen molar-refractivity contribution in [3.63, 3.8) is 0 Å². The predicted molar refractivity (Wildman–Crippen MR) is 77.9 cm³/mol. The number of ketones is 1. The summed E-state index contributed by atoms with van der Waals surface area (Å²) in [6.45, 7) is 6.24. The number of nitrogens with two attached hydrogens (primary N) is 1.